The fourth-order valence-electron chi connectivity index (χ4n) is 1.51. The van der Waals surface area contributed by atoms with Crippen molar-refractivity contribution in [2.45, 2.75) is 32.9 Å². The van der Waals surface area contributed by atoms with Gasteiger partial charge >= 0.3 is 0 Å². The van der Waals surface area contributed by atoms with Crippen LogP contribution in [-0.4, -0.2) is 15.0 Å². The van der Waals surface area contributed by atoms with E-state index in [4.69, 9.17) is 4.74 Å². The van der Waals surface area contributed by atoms with Gasteiger partial charge in [-0.05, 0) is 18.6 Å². The smallest absolute Gasteiger partial charge is 0.134 e. The topological polar surface area (TPSA) is 39.9 Å². The van der Waals surface area contributed by atoms with E-state index in [-0.39, 0.29) is 0 Å². The maximum atomic E-state index is 5.59. The van der Waals surface area contributed by atoms with Gasteiger partial charge in [-0.15, -0.1) is 5.10 Å². The molecule has 0 amide bonds. The van der Waals surface area contributed by atoms with Crippen LogP contribution >= 0.6 is 0 Å². The lowest BCUT2D eigenvalue weighted by molar-refractivity contribution is 0.301. The van der Waals surface area contributed by atoms with Gasteiger partial charge in [-0.1, -0.05) is 36.8 Å². The van der Waals surface area contributed by atoms with Crippen molar-refractivity contribution in [3.63, 3.8) is 0 Å². The molecule has 17 heavy (non-hydrogen) atoms. The van der Waals surface area contributed by atoms with E-state index >= 15 is 0 Å². The Balaban J connectivity index is 1.85. The summed E-state index contributed by atoms with van der Waals surface area (Å²) in [4.78, 5) is 0. The maximum Gasteiger partial charge on any atom is 0.134 e. The van der Waals surface area contributed by atoms with Crippen LogP contribution in [0.2, 0.25) is 0 Å². The van der Waals surface area contributed by atoms with Crippen LogP contribution < -0.4 is 4.74 Å². The van der Waals surface area contributed by atoms with Gasteiger partial charge in [0.05, 0.1) is 6.20 Å². The van der Waals surface area contributed by atoms with E-state index in [0.717, 1.165) is 30.8 Å². The first-order chi connectivity index (χ1) is 8.38. The number of rotatable bonds is 6. The summed E-state index contributed by atoms with van der Waals surface area (Å²) in [7, 11) is 0. The van der Waals surface area contributed by atoms with E-state index in [9.17, 15) is 0 Å². The van der Waals surface area contributed by atoms with Gasteiger partial charge in [-0.3, -0.25) is 4.68 Å². The lowest BCUT2D eigenvalue weighted by Gasteiger charge is -2.02. The molecule has 0 aliphatic carbocycles. The summed E-state index contributed by atoms with van der Waals surface area (Å²) in [6.45, 7) is 3.56. The van der Waals surface area contributed by atoms with Crippen molar-refractivity contribution in [2.75, 3.05) is 0 Å². The zero-order chi connectivity index (χ0) is 11.9. The van der Waals surface area contributed by atoms with Gasteiger partial charge in [0.2, 0.25) is 0 Å². The van der Waals surface area contributed by atoms with Gasteiger partial charge in [0, 0.05) is 6.54 Å². The minimum Gasteiger partial charge on any atom is -0.487 e. The monoisotopic (exact) mass is 231 g/mol. The fourth-order valence-corrected chi connectivity index (χ4v) is 1.51. The van der Waals surface area contributed by atoms with Crippen LogP contribution in [0, 0.1) is 0 Å². The van der Waals surface area contributed by atoms with Crippen molar-refractivity contribution in [2.24, 2.45) is 0 Å². The second-order valence-electron chi connectivity index (χ2n) is 3.93. The molecule has 0 fully saturated rings. The van der Waals surface area contributed by atoms with Gasteiger partial charge < -0.3 is 4.74 Å². The summed E-state index contributed by atoms with van der Waals surface area (Å²) in [5.41, 5.74) is 0.866. The van der Waals surface area contributed by atoms with Crippen molar-refractivity contribution in [1.82, 2.24) is 15.0 Å². The highest BCUT2D eigenvalue weighted by Crippen LogP contribution is 2.10. The average molecular weight is 231 g/mol. The number of unbranched alkanes of at least 4 members (excludes halogenated alkanes) is 1. The quantitative estimate of drug-likeness (QED) is 0.767. The van der Waals surface area contributed by atoms with Crippen LogP contribution in [-0.2, 0) is 13.2 Å². The van der Waals surface area contributed by atoms with Crippen molar-refractivity contribution in [1.29, 1.82) is 0 Å². The van der Waals surface area contributed by atoms with Gasteiger partial charge in [0.1, 0.15) is 18.1 Å². The molecule has 4 heteroatoms. The molecular weight excluding hydrogens is 214 g/mol. The minimum absolute atomic E-state index is 0.468. The molecule has 0 radical (unpaired) electrons. The van der Waals surface area contributed by atoms with E-state index in [1.165, 1.54) is 0 Å². The lowest BCUT2D eigenvalue weighted by atomic mass is 10.3. The standard InChI is InChI=1S/C13H17N3O/c1-2-3-9-16-10-12(14-15-16)11-17-13-7-5-4-6-8-13/h4-8,10H,2-3,9,11H2,1H3. The first-order valence-electron chi connectivity index (χ1n) is 5.95. The molecule has 90 valence electrons. The zero-order valence-electron chi connectivity index (χ0n) is 10.0. The Morgan fingerprint density at radius 2 is 2.06 bits per heavy atom. The molecule has 0 saturated carbocycles. The van der Waals surface area contributed by atoms with Crippen LogP contribution in [0.3, 0.4) is 0 Å². The van der Waals surface area contributed by atoms with E-state index < -0.39 is 0 Å². The molecule has 0 bridgehead atoms. The third-order valence-electron chi connectivity index (χ3n) is 2.46. The first kappa shape index (κ1) is 11.6. The van der Waals surface area contributed by atoms with Crippen molar-refractivity contribution in [3.05, 3.63) is 42.2 Å². The Morgan fingerprint density at radius 3 is 2.82 bits per heavy atom. The van der Waals surface area contributed by atoms with Crippen LogP contribution in [0.4, 0.5) is 0 Å². The summed E-state index contributed by atoms with van der Waals surface area (Å²) in [6.07, 6.45) is 4.23. The van der Waals surface area contributed by atoms with E-state index in [1.54, 1.807) is 0 Å². The van der Waals surface area contributed by atoms with Crippen molar-refractivity contribution in [3.8, 4) is 5.75 Å². The van der Waals surface area contributed by atoms with Crippen LogP contribution in [0.25, 0.3) is 0 Å². The lowest BCUT2D eigenvalue weighted by Crippen LogP contribution is -1.98. The predicted molar refractivity (Wildman–Crippen MR) is 65.7 cm³/mol. The Labute approximate surface area is 101 Å². The molecule has 1 aromatic carbocycles. The Kier molecular flexibility index (Phi) is 4.13. The summed E-state index contributed by atoms with van der Waals surface area (Å²) in [5.74, 6) is 0.857. The molecule has 0 aliphatic heterocycles. The zero-order valence-corrected chi connectivity index (χ0v) is 10.0. The number of hydrogen-bond acceptors (Lipinski definition) is 3. The van der Waals surface area contributed by atoms with E-state index in [1.807, 2.05) is 41.2 Å². The van der Waals surface area contributed by atoms with Crippen LogP contribution in [0.5, 0.6) is 5.75 Å². The van der Waals surface area contributed by atoms with Gasteiger partial charge in [-0.2, -0.15) is 0 Å². The van der Waals surface area contributed by atoms with Crippen molar-refractivity contribution >= 4 is 0 Å². The van der Waals surface area contributed by atoms with Gasteiger partial charge in [0.25, 0.3) is 0 Å². The third-order valence-corrected chi connectivity index (χ3v) is 2.46. The van der Waals surface area contributed by atoms with Gasteiger partial charge in [-0.25, -0.2) is 0 Å². The molecule has 2 rings (SSSR count). The second kappa shape index (κ2) is 6.03. The Morgan fingerprint density at radius 1 is 1.24 bits per heavy atom. The number of benzene rings is 1. The highest BCUT2D eigenvalue weighted by atomic mass is 16.5. The highest BCUT2D eigenvalue weighted by molar-refractivity contribution is 5.21. The molecule has 0 atom stereocenters. The number of ether oxygens (including phenoxy) is 1. The number of hydrogen-bond donors (Lipinski definition) is 0. The Hall–Kier alpha value is -1.84. The largest absolute Gasteiger partial charge is 0.487 e. The molecule has 0 spiro atoms. The molecular formula is C13H17N3O. The highest BCUT2D eigenvalue weighted by Gasteiger charge is 2.01. The first-order valence-corrected chi connectivity index (χ1v) is 5.95. The summed E-state index contributed by atoms with van der Waals surface area (Å²) < 4.78 is 7.46. The van der Waals surface area contributed by atoms with Crippen molar-refractivity contribution < 1.29 is 4.74 Å². The minimum atomic E-state index is 0.468. The molecule has 1 heterocycles. The molecule has 0 N–H and O–H groups in total. The van der Waals surface area contributed by atoms with Crippen LogP contribution in [0.1, 0.15) is 25.5 Å². The Bertz CT molecular complexity index is 439. The number of para-hydroxylation sites is 1. The maximum absolute atomic E-state index is 5.59. The van der Waals surface area contributed by atoms with E-state index in [0.29, 0.717) is 6.61 Å². The molecule has 1 aromatic heterocycles. The summed E-state index contributed by atoms with van der Waals surface area (Å²) >= 11 is 0. The van der Waals surface area contributed by atoms with Crippen LogP contribution in [0.15, 0.2) is 36.5 Å². The number of nitrogens with zero attached hydrogens (tertiary/aromatic N) is 3. The summed E-state index contributed by atoms with van der Waals surface area (Å²) in [5, 5.41) is 8.12. The SMILES string of the molecule is CCCCn1cc(COc2ccccc2)nn1. The normalized spacial score (nSPS) is 10.4. The third kappa shape index (κ3) is 3.59. The average Bonchev–Trinajstić information content (AvgIpc) is 2.83. The fraction of sp³-hybridized carbons (Fsp3) is 0.385. The number of aromatic nitrogens is 3. The molecule has 4 nitrogen and oxygen atoms in total. The molecule has 0 aliphatic rings. The molecule has 0 saturated heterocycles. The van der Waals surface area contributed by atoms with E-state index in [2.05, 4.69) is 17.2 Å². The van der Waals surface area contributed by atoms with Gasteiger partial charge in [0.15, 0.2) is 0 Å². The summed E-state index contributed by atoms with van der Waals surface area (Å²) in [6, 6.07) is 9.73. The number of aryl methyl sites for hydroxylation is 1. The predicted octanol–water partition coefficient (Wildman–Crippen LogP) is 2.66. The second-order valence-corrected chi connectivity index (χ2v) is 3.93. The molecule has 2 aromatic rings. The molecule has 0 unspecified atom stereocenters.